The predicted octanol–water partition coefficient (Wildman–Crippen LogP) is 5.88. The fourth-order valence-corrected chi connectivity index (χ4v) is 7.22. The van der Waals surface area contributed by atoms with Gasteiger partial charge in [0.15, 0.2) is 6.10 Å². The number of nitrogens with one attached hydrogen (secondary N) is 1. The highest BCUT2D eigenvalue weighted by Gasteiger charge is 2.55. The zero-order valence-electron chi connectivity index (χ0n) is 26.9. The number of alkyl carbamates (subject to hydrolysis) is 1. The molecule has 0 radical (unpaired) electrons. The molecule has 3 aliphatic rings. The van der Waals surface area contributed by atoms with E-state index in [1.54, 1.807) is 49.9 Å². The van der Waals surface area contributed by atoms with Crippen LogP contribution in [0.15, 0.2) is 108 Å². The van der Waals surface area contributed by atoms with Crippen molar-refractivity contribution in [3.05, 3.63) is 130 Å². The topological polar surface area (TPSA) is 105 Å². The van der Waals surface area contributed by atoms with Crippen LogP contribution in [0.4, 0.5) is 9.18 Å². The average molecular weight is 670 g/mol. The summed E-state index contributed by atoms with van der Waals surface area (Å²) in [6, 6.07) is 24.0. The van der Waals surface area contributed by atoms with Gasteiger partial charge in [-0.15, -0.1) is 11.8 Å². The molecular weight excluding hydrogens is 633 g/mol. The zero-order valence-corrected chi connectivity index (χ0v) is 27.7. The standard InChI is InChI=1S/C37H36FN3O6S/c1-37(2,3)47-36(45)39-29-33(43)41-30(35(44)46-31(23-12-6-4-7-13-23)24-14-8-5-9-15-24)27(22-48-34(29)41)20-25-18-19-40(32(25)42)21-26-16-10-11-17-28(26)38/h4-17,20,29,31,34H,18-19,21-22H2,1-3H3,(H,39,45)/t29-,34-/m1/s1. The Morgan fingerprint density at radius 3 is 2.23 bits per heavy atom. The minimum atomic E-state index is -0.912. The maximum absolute atomic E-state index is 14.4. The molecule has 0 spiro atoms. The Bertz CT molecular complexity index is 1750. The van der Waals surface area contributed by atoms with Gasteiger partial charge in [-0.2, -0.15) is 0 Å². The quantitative estimate of drug-likeness (QED) is 0.182. The van der Waals surface area contributed by atoms with Crippen LogP contribution in [-0.2, 0) is 30.4 Å². The Labute approximate surface area is 282 Å². The van der Waals surface area contributed by atoms with Crippen LogP contribution in [0.1, 0.15) is 50.0 Å². The van der Waals surface area contributed by atoms with Crippen molar-refractivity contribution in [3.8, 4) is 0 Å². The number of nitrogens with zero attached hydrogens (tertiary/aromatic N) is 2. The Hall–Kier alpha value is -4.90. The summed E-state index contributed by atoms with van der Waals surface area (Å²) in [5.74, 6) is -1.60. The first-order chi connectivity index (χ1) is 23.0. The monoisotopic (exact) mass is 669 g/mol. The lowest BCUT2D eigenvalue weighted by atomic mass is 10.00. The van der Waals surface area contributed by atoms with E-state index in [0.717, 1.165) is 11.1 Å². The SMILES string of the molecule is CC(C)(C)OC(=O)N[C@@H]1C(=O)N2C(C(=O)OC(c3ccccc3)c3ccccc3)=C(C=C3CCN(Cc4ccccc4F)C3=O)CS[C@H]12. The maximum Gasteiger partial charge on any atom is 0.408 e. The second-order valence-electron chi connectivity index (χ2n) is 12.8. The highest BCUT2D eigenvalue weighted by atomic mass is 32.2. The van der Waals surface area contributed by atoms with Gasteiger partial charge in [0.2, 0.25) is 5.91 Å². The van der Waals surface area contributed by atoms with Crippen LogP contribution in [0.3, 0.4) is 0 Å². The first-order valence-corrected chi connectivity index (χ1v) is 16.8. The highest BCUT2D eigenvalue weighted by Crippen LogP contribution is 2.42. The number of thioether (sulfide) groups is 1. The number of amides is 3. The lowest BCUT2D eigenvalue weighted by Gasteiger charge is -2.49. The average Bonchev–Trinajstić information content (AvgIpc) is 3.41. The molecule has 1 N–H and O–H groups in total. The molecule has 0 aromatic heterocycles. The summed E-state index contributed by atoms with van der Waals surface area (Å²) in [6.07, 6.45) is 0.541. The molecule has 0 saturated carbocycles. The third-order valence-corrected chi connectivity index (χ3v) is 9.48. The molecule has 3 amide bonds. The van der Waals surface area contributed by atoms with Gasteiger partial charge >= 0.3 is 12.1 Å². The number of ether oxygens (including phenoxy) is 2. The summed E-state index contributed by atoms with van der Waals surface area (Å²) in [4.78, 5) is 56.9. The Kier molecular flexibility index (Phi) is 9.41. The van der Waals surface area contributed by atoms with Crippen LogP contribution < -0.4 is 5.32 Å². The summed E-state index contributed by atoms with van der Waals surface area (Å²) in [5, 5.41) is 2.06. The number of esters is 1. The molecular formula is C37H36FN3O6S. The maximum atomic E-state index is 14.4. The zero-order chi connectivity index (χ0) is 34.0. The van der Waals surface area contributed by atoms with E-state index in [1.165, 1.54) is 22.7 Å². The minimum absolute atomic E-state index is 0.0238. The van der Waals surface area contributed by atoms with Crippen LogP contribution in [0.5, 0.6) is 0 Å². The number of halogens is 1. The van der Waals surface area contributed by atoms with Gasteiger partial charge in [0.25, 0.3) is 5.91 Å². The Balaban J connectivity index is 1.32. The van der Waals surface area contributed by atoms with Gasteiger partial charge in [-0.05, 0) is 56.0 Å². The molecule has 6 rings (SSSR count). The van der Waals surface area contributed by atoms with Crippen molar-refractivity contribution in [2.24, 2.45) is 0 Å². The normalized spacial score (nSPS) is 20.1. The largest absolute Gasteiger partial charge is 0.448 e. The first-order valence-electron chi connectivity index (χ1n) is 15.7. The molecule has 11 heteroatoms. The summed E-state index contributed by atoms with van der Waals surface area (Å²) < 4.78 is 25.9. The van der Waals surface area contributed by atoms with Crippen molar-refractivity contribution in [3.63, 3.8) is 0 Å². The van der Waals surface area contributed by atoms with Gasteiger partial charge in [-0.1, -0.05) is 78.9 Å². The van der Waals surface area contributed by atoms with E-state index >= 15 is 0 Å². The van der Waals surface area contributed by atoms with Crippen molar-refractivity contribution in [2.75, 3.05) is 12.3 Å². The number of benzene rings is 3. The summed E-state index contributed by atoms with van der Waals surface area (Å²) in [5.41, 5.74) is 2.07. The Morgan fingerprint density at radius 1 is 0.979 bits per heavy atom. The number of rotatable bonds is 8. The second kappa shape index (κ2) is 13.7. The molecule has 3 heterocycles. The Morgan fingerprint density at radius 2 is 1.60 bits per heavy atom. The van der Waals surface area contributed by atoms with Gasteiger partial charge < -0.3 is 19.7 Å². The van der Waals surface area contributed by atoms with E-state index in [4.69, 9.17) is 9.47 Å². The van der Waals surface area contributed by atoms with Crippen LogP contribution in [0.2, 0.25) is 0 Å². The van der Waals surface area contributed by atoms with Crippen LogP contribution in [-0.4, -0.2) is 63.0 Å². The van der Waals surface area contributed by atoms with Gasteiger partial charge in [0.05, 0.1) is 0 Å². The van der Waals surface area contributed by atoms with Gasteiger partial charge in [0, 0.05) is 30.0 Å². The van der Waals surface area contributed by atoms with E-state index in [9.17, 15) is 23.6 Å². The van der Waals surface area contributed by atoms with E-state index in [1.807, 2.05) is 60.7 Å². The molecule has 2 atom stereocenters. The van der Waals surface area contributed by atoms with Crippen molar-refractivity contribution in [1.29, 1.82) is 0 Å². The van der Waals surface area contributed by atoms with E-state index < -0.39 is 41.1 Å². The van der Waals surface area contributed by atoms with E-state index in [0.29, 0.717) is 29.7 Å². The van der Waals surface area contributed by atoms with Crippen LogP contribution in [0.25, 0.3) is 0 Å². The number of fused-ring (bicyclic) bond motifs is 1. The lowest BCUT2D eigenvalue weighted by Crippen LogP contribution is -2.70. The minimum Gasteiger partial charge on any atom is -0.448 e. The number of hydrogen-bond donors (Lipinski definition) is 1. The fourth-order valence-electron chi connectivity index (χ4n) is 5.92. The molecule has 9 nitrogen and oxygen atoms in total. The summed E-state index contributed by atoms with van der Waals surface area (Å²) >= 11 is 1.37. The molecule has 0 aliphatic carbocycles. The van der Waals surface area contributed by atoms with Crippen LogP contribution in [0, 0.1) is 5.82 Å². The molecule has 48 heavy (non-hydrogen) atoms. The number of carbonyl (C=O) groups is 4. The summed E-state index contributed by atoms with van der Waals surface area (Å²) in [7, 11) is 0. The molecule has 2 fully saturated rings. The van der Waals surface area contributed by atoms with Gasteiger partial charge in [-0.25, -0.2) is 14.0 Å². The van der Waals surface area contributed by atoms with E-state index in [-0.39, 0.29) is 29.7 Å². The molecule has 3 aromatic carbocycles. The number of hydrogen-bond acceptors (Lipinski definition) is 7. The van der Waals surface area contributed by atoms with Crippen molar-refractivity contribution >= 4 is 35.6 Å². The first kappa shape index (κ1) is 33.0. The summed E-state index contributed by atoms with van der Waals surface area (Å²) in [6.45, 7) is 5.68. The molecule has 3 aromatic rings. The molecule has 248 valence electrons. The molecule has 3 aliphatic heterocycles. The highest BCUT2D eigenvalue weighted by molar-refractivity contribution is 8.00. The molecule has 2 saturated heterocycles. The second-order valence-corrected chi connectivity index (χ2v) is 13.9. The molecule has 0 unspecified atom stereocenters. The van der Waals surface area contributed by atoms with Crippen molar-refractivity contribution in [2.45, 2.75) is 56.9 Å². The smallest absolute Gasteiger partial charge is 0.408 e. The van der Waals surface area contributed by atoms with Gasteiger partial charge in [0.1, 0.15) is 28.5 Å². The van der Waals surface area contributed by atoms with Crippen molar-refractivity contribution < 1.29 is 33.0 Å². The van der Waals surface area contributed by atoms with Gasteiger partial charge in [-0.3, -0.25) is 14.5 Å². The number of allylic oxidation sites excluding steroid dienone is 1. The predicted molar refractivity (Wildman–Crippen MR) is 179 cm³/mol. The fraction of sp³-hybridized carbons (Fsp3) is 0.297. The third-order valence-electron chi connectivity index (χ3n) is 8.17. The van der Waals surface area contributed by atoms with E-state index in [2.05, 4.69) is 5.32 Å². The van der Waals surface area contributed by atoms with Crippen LogP contribution >= 0.6 is 11.8 Å². The third kappa shape index (κ3) is 7.01. The number of β-lactam (4-membered cyclic amide) rings is 1. The number of carbonyl (C=O) groups excluding carboxylic acids is 4. The molecule has 0 bridgehead atoms. The number of likely N-dealkylation sites (tertiary alicyclic amines) is 1. The lowest BCUT2D eigenvalue weighted by molar-refractivity contribution is -0.153. The van der Waals surface area contributed by atoms with Crippen molar-refractivity contribution in [1.82, 2.24) is 15.1 Å².